The van der Waals surface area contributed by atoms with Gasteiger partial charge < -0.3 is 10.6 Å². The number of amides is 1. The van der Waals surface area contributed by atoms with Crippen LogP contribution < -0.4 is 5.73 Å². The minimum atomic E-state index is 0.0925. The van der Waals surface area contributed by atoms with Gasteiger partial charge in [0, 0.05) is 25.6 Å². The number of nitrogens with zero attached hydrogens (tertiary/aromatic N) is 1. The Morgan fingerprint density at radius 3 is 2.54 bits per heavy atom. The second-order valence-electron chi connectivity index (χ2n) is 4.48. The van der Waals surface area contributed by atoms with Crippen molar-refractivity contribution in [3.63, 3.8) is 0 Å². The second-order valence-corrected chi connectivity index (χ2v) is 4.48. The van der Waals surface area contributed by atoms with Gasteiger partial charge in [-0.05, 0) is 18.8 Å². The lowest BCUT2D eigenvalue weighted by Crippen LogP contribution is -2.36. The molecule has 1 saturated heterocycles. The van der Waals surface area contributed by atoms with Crippen molar-refractivity contribution in [3.05, 3.63) is 0 Å². The average Bonchev–Trinajstić information content (AvgIpc) is 2.31. The van der Waals surface area contributed by atoms with Crippen LogP contribution in [0.3, 0.4) is 0 Å². The number of nitrogens with two attached hydrogens (primary N) is 1. The quantitative estimate of drug-likeness (QED) is 0.706. The fraction of sp³-hybridized carbons (Fsp3) is 0.900. The Balaban J connectivity index is 2.47. The summed E-state index contributed by atoms with van der Waals surface area (Å²) in [6, 6.07) is 0.0925. The highest BCUT2D eigenvalue weighted by atomic mass is 16.2. The van der Waals surface area contributed by atoms with E-state index in [-0.39, 0.29) is 11.9 Å². The van der Waals surface area contributed by atoms with Crippen LogP contribution in [0.2, 0.25) is 0 Å². The molecule has 0 aliphatic carbocycles. The van der Waals surface area contributed by atoms with Crippen LogP contribution in [0.15, 0.2) is 0 Å². The number of carbonyl (C=O) groups excluding carboxylic acids is 1. The van der Waals surface area contributed by atoms with Gasteiger partial charge in [-0.3, -0.25) is 4.79 Å². The molecule has 0 spiro atoms. The van der Waals surface area contributed by atoms with Gasteiger partial charge in [0.25, 0.3) is 0 Å². The summed E-state index contributed by atoms with van der Waals surface area (Å²) in [5.74, 6) is 1.41. The molecule has 3 heteroatoms. The number of carbonyl (C=O) groups is 1. The van der Waals surface area contributed by atoms with Gasteiger partial charge in [0.2, 0.25) is 5.91 Å². The summed E-state index contributed by atoms with van der Waals surface area (Å²) < 4.78 is 0. The normalized spacial score (nSPS) is 25.8. The van der Waals surface area contributed by atoms with Gasteiger partial charge in [-0.25, -0.2) is 0 Å². The number of likely N-dealkylation sites (tertiary alicyclic amines) is 1. The highest BCUT2D eigenvalue weighted by Crippen LogP contribution is 2.24. The number of rotatable bonds is 3. The summed E-state index contributed by atoms with van der Waals surface area (Å²) in [6.07, 6.45) is 0.713. The van der Waals surface area contributed by atoms with Gasteiger partial charge in [0.1, 0.15) is 0 Å². The predicted octanol–water partition coefficient (Wildman–Crippen LogP) is 0.838. The van der Waals surface area contributed by atoms with E-state index in [1.165, 1.54) is 0 Å². The van der Waals surface area contributed by atoms with E-state index in [2.05, 4.69) is 13.8 Å². The molecular formula is C10H20N2O. The molecule has 0 bridgehead atoms. The molecule has 0 aromatic rings. The molecule has 1 aliphatic heterocycles. The molecule has 1 aliphatic rings. The van der Waals surface area contributed by atoms with Gasteiger partial charge in [-0.15, -0.1) is 0 Å². The van der Waals surface area contributed by atoms with Crippen LogP contribution in [0.5, 0.6) is 0 Å². The summed E-state index contributed by atoms with van der Waals surface area (Å²) in [6.45, 7) is 7.90. The summed E-state index contributed by atoms with van der Waals surface area (Å²) in [5, 5.41) is 0. The number of hydrogen-bond donors (Lipinski definition) is 1. The fourth-order valence-electron chi connectivity index (χ4n) is 1.77. The Hall–Kier alpha value is -0.570. The first-order valence-electron chi connectivity index (χ1n) is 5.04. The minimum absolute atomic E-state index is 0.0925. The van der Waals surface area contributed by atoms with E-state index in [9.17, 15) is 4.79 Å². The van der Waals surface area contributed by atoms with E-state index in [1.54, 1.807) is 0 Å². The zero-order chi connectivity index (χ0) is 10.0. The molecule has 3 nitrogen and oxygen atoms in total. The molecule has 0 aromatic carbocycles. The maximum atomic E-state index is 11.5. The topological polar surface area (TPSA) is 46.3 Å². The summed E-state index contributed by atoms with van der Waals surface area (Å²) in [4.78, 5) is 13.4. The van der Waals surface area contributed by atoms with E-state index in [4.69, 9.17) is 5.73 Å². The second kappa shape index (κ2) is 4.09. The van der Waals surface area contributed by atoms with Crippen molar-refractivity contribution in [2.75, 3.05) is 13.1 Å². The molecule has 2 atom stereocenters. The van der Waals surface area contributed by atoms with Crippen molar-refractivity contribution in [2.45, 2.75) is 33.2 Å². The van der Waals surface area contributed by atoms with Crippen LogP contribution in [0.1, 0.15) is 27.2 Å². The largest absolute Gasteiger partial charge is 0.341 e. The lowest BCUT2D eigenvalue weighted by molar-refractivity contribution is -0.127. The van der Waals surface area contributed by atoms with E-state index < -0.39 is 0 Å². The van der Waals surface area contributed by atoms with Crippen LogP contribution in [0.4, 0.5) is 0 Å². The molecule has 1 rings (SSSR count). The van der Waals surface area contributed by atoms with E-state index in [1.807, 2.05) is 11.8 Å². The Morgan fingerprint density at radius 2 is 2.15 bits per heavy atom. The molecule has 0 aromatic heterocycles. The Labute approximate surface area is 80.3 Å². The molecule has 13 heavy (non-hydrogen) atoms. The van der Waals surface area contributed by atoms with Crippen LogP contribution in [-0.2, 0) is 4.79 Å². The third-order valence-electron chi connectivity index (χ3n) is 2.70. The van der Waals surface area contributed by atoms with Gasteiger partial charge in [-0.2, -0.15) is 0 Å². The third-order valence-corrected chi connectivity index (χ3v) is 2.70. The highest BCUT2D eigenvalue weighted by Gasteiger charge is 2.31. The first kappa shape index (κ1) is 10.5. The molecule has 0 radical (unpaired) electrons. The third kappa shape index (κ3) is 2.69. The minimum Gasteiger partial charge on any atom is -0.341 e. The first-order chi connectivity index (χ1) is 6.00. The van der Waals surface area contributed by atoms with Crippen molar-refractivity contribution in [1.82, 2.24) is 4.90 Å². The molecule has 76 valence electrons. The summed E-state index contributed by atoms with van der Waals surface area (Å²) in [7, 11) is 0. The van der Waals surface area contributed by atoms with Crippen LogP contribution >= 0.6 is 0 Å². The molecular weight excluding hydrogens is 164 g/mol. The Bertz CT molecular complexity index is 189. The number of hydrogen-bond acceptors (Lipinski definition) is 2. The maximum Gasteiger partial charge on any atom is 0.222 e. The Kier molecular flexibility index (Phi) is 3.31. The molecule has 2 unspecified atom stereocenters. The van der Waals surface area contributed by atoms with Crippen molar-refractivity contribution >= 4 is 5.91 Å². The lowest BCUT2D eigenvalue weighted by Gasteiger charge is -2.19. The smallest absolute Gasteiger partial charge is 0.222 e. The lowest BCUT2D eigenvalue weighted by atomic mass is 9.95. The van der Waals surface area contributed by atoms with Gasteiger partial charge in [0.15, 0.2) is 0 Å². The molecule has 1 fully saturated rings. The predicted molar refractivity (Wildman–Crippen MR) is 53.2 cm³/mol. The van der Waals surface area contributed by atoms with E-state index >= 15 is 0 Å². The molecule has 1 amide bonds. The van der Waals surface area contributed by atoms with E-state index in [0.29, 0.717) is 24.8 Å². The van der Waals surface area contributed by atoms with Crippen molar-refractivity contribution < 1.29 is 4.79 Å². The Morgan fingerprint density at radius 1 is 1.54 bits per heavy atom. The zero-order valence-corrected chi connectivity index (χ0v) is 8.79. The molecule has 2 N–H and O–H groups in total. The standard InChI is InChI=1S/C10H20N2O/c1-7(2)9-4-10(13)12(6-9)5-8(3)11/h7-9H,4-6,11H2,1-3H3. The van der Waals surface area contributed by atoms with Crippen molar-refractivity contribution in [3.8, 4) is 0 Å². The van der Waals surface area contributed by atoms with Crippen molar-refractivity contribution in [2.24, 2.45) is 17.6 Å². The zero-order valence-electron chi connectivity index (χ0n) is 8.79. The highest BCUT2D eigenvalue weighted by molar-refractivity contribution is 5.78. The maximum absolute atomic E-state index is 11.5. The van der Waals surface area contributed by atoms with Gasteiger partial charge in [-0.1, -0.05) is 13.8 Å². The van der Waals surface area contributed by atoms with Crippen LogP contribution in [0, 0.1) is 11.8 Å². The summed E-state index contributed by atoms with van der Waals surface area (Å²) in [5.41, 5.74) is 5.66. The van der Waals surface area contributed by atoms with Gasteiger partial charge >= 0.3 is 0 Å². The van der Waals surface area contributed by atoms with Crippen molar-refractivity contribution in [1.29, 1.82) is 0 Å². The molecule has 1 heterocycles. The van der Waals surface area contributed by atoms with Crippen LogP contribution in [0.25, 0.3) is 0 Å². The summed E-state index contributed by atoms with van der Waals surface area (Å²) >= 11 is 0. The molecule has 0 saturated carbocycles. The first-order valence-corrected chi connectivity index (χ1v) is 5.04. The average molecular weight is 184 g/mol. The fourth-order valence-corrected chi connectivity index (χ4v) is 1.77. The van der Waals surface area contributed by atoms with Crippen LogP contribution in [-0.4, -0.2) is 29.9 Å². The SMILES string of the molecule is CC(N)CN1CC(C(C)C)CC1=O. The van der Waals surface area contributed by atoms with Gasteiger partial charge in [0.05, 0.1) is 0 Å². The monoisotopic (exact) mass is 184 g/mol. The van der Waals surface area contributed by atoms with E-state index in [0.717, 1.165) is 6.54 Å².